The second-order valence-corrected chi connectivity index (χ2v) is 6.49. The number of nitrogens with zero attached hydrogens (tertiary/aromatic N) is 6. The van der Waals surface area contributed by atoms with Gasteiger partial charge < -0.3 is 14.7 Å². The van der Waals surface area contributed by atoms with Crippen LogP contribution < -0.4 is 9.80 Å². The smallest absolute Gasteiger partial charge is 0.227 e. The molecule has 134 valence electrons. The Morgan fingerprint density at radius 1 is 1.08 bits per heavy atom. The van der Waals surface area contributed by atoms with E-state index in [1.807, 2.05) is 54.2 Å². The summed E-state index contributed by atoms with van der Waals surface area (Å²) in [6.07, 6.45) is 0.421. The quantitative estimate of drug-likeness (QED) is 0.827. The molecule has 7 nitrogen and oxygen atoms in total. The molecule has 1 aromatic carbocycles. The van der Waals surface area contributed by atoms with Gasteiger partial charge in [0.1, 0.15) is 6.07 Å². The lowest BCUT2D eigenvalue weighted by molar-refractivity contribution is -0.130. The van der Waals surface area contributed by atoms with Gasteiger partial charge in [0, 0.05) is 46.0 Å². The molecule has 1 aliphatic heterocycles. The number of aromatic nitrogens is 2. The summed E-state index contributed by atoms with van der Waals surface area (Å²) in [5, 5.41) is 16.7. The Morgan fingerprint density at radius 2 is 1.77 bits per heavy atom. The van der Waals surface area contributed by atoms with Gasteiger partial charge in [0.25, 0.3) is 0 Å². The number of piperazine rings is 1. The molecule has 0 aliphatic carbocycles. The zero-order valence-electron chi connectivity index (χ0n) is 15.1. The first kappa shape index (κ1) is 17.7. The molecule has 2 heterocycles. The molecule has 1 aromatic heterocycles. The van der Waals surface area contributed by atoms with E-state index in [0.717, 1.165) is 17.1 Å². The zero-order valence-corrected chi connectivity index (χ0v) is 15.1. The molecule has 0 atom stereocenters. The second-order valence-electron chi connectivity index (χ2n) is 6.49. The Morgan fingerprint density at radius 3 is 2.31 bits per heavy atom. The van der Waals surface area contributed by atoms with Crippen LogP contribution in [-0.2, 0) is 11.2 Å². The first-order chi connectivity index (χ1) is 12.6. The average molecular weight is 350 g/mol. The highest BCUT2D eigenvalue weighted by Crippen LogP contribution is 2.15. The molecule has 26 heavy (non-hydrogen) atoms. The van der Waals surface area contributed by atoms with E-state index in [-0.39, 0.29) is 5.91 Å². The molecule has 1 saturated heterocycles. The summed E-state index contributed by atoms with van der Waals surface area (Å²) in [6.45, 7) is 2.75. The molecule has 0 spiro atoms. The Bertz CT molecular complexity index is 786. The minimum Gasteiger partial charge on any atom is -0.378 e. The van der Waals surface area contributed by atoms with Crippen LogP contribution in [0.4, 0.5) is 11.5 Å². The number of hydrogen-bond donors (Lipinski definition) is 0. The lowest BCUT2D eigenvalue weighted by atomic mass is 10.1. The molecule has 3 rings (SSSR count). The molecule has 0 radical (unpaired) electrons. The average Bonchev–Trinajstić information content (AvgIpc) is 2.68. The summed E-state index contributed by atoms with van der Waals surface area (Å²) in [5.74, 6) is 0.892. The van der Waals surface area contributed by atoms with Crippen molar-refractivity contribution in [3.05, 3.63) is 47.7 Å². The second kappa shape index (κ2) is 7.83. The van der Waals surface area contributed by atoms with Gasteiger partial charge in [0.05, 0.1) is 6.42 Å². The number of hydrogen-bond acceptors (Lipinski definition) is 6. The van der Waals surface area contributed by atoms with Crippen molar-refractivity contribution < 1.29 is 4.79 Å². The molecule has 1 aliphatic rings. The number of carbonyl (C=O) groups is 1. The monoisotopic (exact) mass is 350 g/mol. The molecule has 1 fully saturated rings. The molecule has 0 saturated carbocycles. The van der Waals surface area contributed by atoms with Crippen molar-refractivity contribution in [1.82, 2.24) is 15.1 Å². The van der Waals surface area contributed by atoms with Crippen LogP contribution in [0.2, 0.25) is 0 Å². The Labute approximate surface area is 153 Å². The maximum atomic E-state index is 12.5. The van der Waals surface area contributed by atoms with Crippen LogP contribution in [0.25, 0.3) is 0 Å². The van der Waals surface area contributed by atoms with Crippen molar-refractivity contribution >= 4 is 17.4 Å². The Kier molecular flexibility index (Phi) is 5.32. The van der Waals surface area contributed by atoms with Crippen LogP contribution in [-0.4, -0.2) is 61.3 Å². The first-order valence-electron chi connectivity index (χ1n) is 8.59. The van der Waals surface area contributed by atoms with Gasteiger partial charge in [-0.3, -0.25) is 4.79 Å². The van der Waals surface area contributed by atoms with Crippen LogP contribution in [0.1, 0.15) is 11.3 Å². The molecule has 0 N–H and O–H groups in total. The van der Waals surface area contributed by atoms with Crippen LogP contribution in [0.15, 0.2) is 36.4 Å². The van der Waals surface area contributed by atoms with E-state index in [1.165, 1.54) is 0 Å². The number of benzene rings is 1. The number of rotatable bonds is 4. The Balaban J connectivity index is 1.53. The lowest BCUT2D eigenvalue weighted by Gasteiger charge is -2.35. The van der Waals surface area contributed by atoms with Gasteiger partial charge in [0.2, 0.25) is 5.91 Å². The highest BCUT2D eigenvalue weighted by Gasteiger charge is 2.22. The summed E-state index contributed by atoms with van der Waals surface area (Å²) in [5.41, 5.74) is 2.46. The van der Waals surface area contributed by atoms with E-state index in [1.54, 1.807) is 12.1 Å². The SMILES string of the molecule is CN(C)c1ccc(CC(=O)N2CCN(c3ccc(C#N)nn3)CC2)cc1. The highest BCUT2D eigenvalue weighted by atomic mass is 16.2. The standard InChI is InChI=1S/C19H22N6O/c1-23(2)17-6-3-15(4-7-17)13-19(26)25-11-9-24(10-12-25)18-8-5-16(14-20)21-22-18/h3-8H,9-13H2,1-2H3. The van der Waals surface area contributed by atoms with E-state index in [2.05, 4.69) is 15.1 Å². The van der Waals surface area contributed by atoms with Gasteiger partial charge in [-0.1, -0.05) is 12.1 Å². The highest BCUT2D eigenvalue weighted by molar-refractivity contribution is 5.79. The largest absolute Gasteiger partial charge is 0.378 e. The van der Waals surface area contributed by atoms with Gasteiger partial charge in [-0.15, -0.1) is 10.2 Å². The van der Waals surface area contributed by atoms with Crippen molar-refractivity contribution in [3.63, 3.8) is 0 Å². The molecular formula is C19H22N6O. The van der Waals surface area contributed by atoms with Crippen LogP contribution in [0.5, 0.6) is 0 Å². The fraction of sp³-hybridized carbons (Fsp3) is 0.368. The lowest BCUT2D eigenvalue weighted by Crippen LogP contribution is -2.49. The third kappa shape index (κ3) is 4.09. The normalized spacial score (nSPS) is 14.0. The third-order valence-corrected chi connectivity index (χ3v) is 4.53. The van der Waals surface area contributed by atoms with Gasteiger partial charge in [-0.05, 0) is 29.8 Å². The molecule has 2 aromatic rings. The van der Waals surface area contributed by atoms with Crippen molar-refractivity contribution in [1.29, 1.82) is 5.26 Å². The van der Waals surface area contributed by atoms with Crippen molar-refractivity contribution in [2.24, 2.45) is 0 Å². The van der Waals surface area contributed by atoms with Crippen molar-refractivity contribution in [2.45, 2.75) is 6.42 Å². The van der Waals surface area contributed by atoms with Crippen molar-refractivity contribution in [2.75, 3.05) is 50.1 Å². The summed E-state index contributed by atoms with van der Waals surface area (Å²) in [4.78, 5) is 18.6. The van der Waals surface area contributed by atoms with Crippen molar-refractivity contribution in [3.8, 4) is 6.07 Å². The summed E-state index contributed by atoms with van der Waals surface area (Å²) in [6, 6.07) is 13.5. The minimum atomic E-state index is 0.146. The van der Waals surface area contributed by atoms with E-state index in [0.29, 0.717) is 38.3 Å². The van der Waals surface area contributed by atoms with E-state index in [4.69, 9.17) is 5.26 Å². The van der Waals surface area contributed by atoms with Crippen LogP contribution in [0, 0.1) is 11.3 Å². The number of amides is 1. The fourth-order valence-corrected chi connectivity index (χ4v) is 2.94. The van der Waals surface area contributed by atoms with Gasteiger partial charge in [-0.2, -0.15) is 5.26 Å². The van der Waals surface area contributed by atoms with Gasteiger partial charge in [0.15, 0.2) is 11.5 Å². The topological polar surface area (TPSA) is 76.4 Å². The maximum absolute atomic E-state index is 12.5. The summed E-state index contributed by atoms with van der Waals surface area (Å²) >= 11 is 0. The summed E-state index contributed by atoms with van der Waals surface area (Å²) in [7, 11) is 4.00. The van der Waals surface area contributed by atoms with Crippen LogP contribution >= 0.6 is 0 Å². The first-order valence-corrected chi connectivity index (χ1v) is 8.59. The van der Waals surface area contributed by atoms with E-state index >= 15 is 0 Å². The Hall–Kier alpha value is -3.14. The number of nitriles is 1. The van der Waals surface area contributed by atoms with Gasteiger partial charge >= 0.3 is 0 Å². The fourth-order valence-electron chi connectivity index (χ4n) is 2.94. The molecular weight excluding hydrogens is 328 g/mol. The minimum absolute atomic E-state index is 0.146. The maximum Gasteiger partial charge on any atom is 0.227 e. The molecule has 0 bridgehead atoms. The molecule has 1 amide bonds. The number of carbonyl (C=O) groups excluding carboxylic acids is 1. The third-order valence-electron chi connectivity index (χ3n) is 4.53. The number of anilines is 2. The van der Waals surface area contributed by atoms with Gasteiger partial charge in [-0.25, -0.2) is 0 Å². The van der Waals surface area contributed by atoms with E-state index < -0.39 is 0 Å². The summed E-state index contributed by atoms with van der Waals surface area (Å²) < 4.78 is 0. The predicted molar refractivity (Wildman–Crippen MR) is 100 cm³/mol. The molecule has 7 heteroatoms. The zero-order chi connectivity index (χ0) is 18.5. The molecule has 0 unspecified atom stereocenters. The van der Waals surface area contributed by atoms with E-state index in [9.17, 15) is 4.79 Å². The predicted octanol–water partition coefficient (Wildman–Crippen LogP) is 1.31. The van der Waals surface area contributed by atoms with Crippen LogP contribution in [0.3, 0.4) is 0 Å².